The molecule has 0 bridgehead atoms. The molecule has 0 spiro atoms. The van der Waals surface area contributed by atoms with Gasteiger partial charge in [0.25, 0.3) is 0 Å². The van der Waals surface area contributed by atoms with E-state index >= 15 is 0 Å². The summed E-state index contributed by atoms with van der Waals surface area (Å²) in [6, 6.07) is 24.0. The second-order valence-corrected chi connectivity index (χ2v) is 6.49. The predicted molar refractivity (Wildman–Crippen MR) is 98.0 cm³/mol. The summed E-state index contributed by atoms with van der Waals surface area (Å²) < 4.78 is 5.71. The van der Waals surface area contributed by atoms with Crippen LogP contribution in [0.25, 0.3) is 0 Å². The van der Waals surface area contributed by atoms with Crippen LogP contribution in [0.4, 0.5) is 0 Å². The number of furan rings is 1. The van der Waals surface area contributed by atoms with Crippen molar-refractivity contribution in [2.24, 2.45) is 0 Å². The Bertz CT molecular complexity index is 716. The Morgan fingerprint density at radius 1 is 0.875 bits per heavy atom. The molecule has 0 fully saturated rings. The summed E-state index contributed by atoms with van der Waals surface area (Å²) in [7, 11) is 0. The highest BCUT2D eigenvalue weighted by Crippen LogP contribution is 2.28. The smallest absolute Gasteiger partial charge is 0.111 e. The van der Waals surface area contributed by atoms with Crippen LogP contribution < -0.4 is 5.32 Å². The van der Waals surface area contributed by atoms with Gasteiger partial charge in [-0.05, 0) is 31.5 Å². The first kappa shape index (κ1) is 16.5. The van der Waals surface area contributed by atoms with Crippen molar-refractivity contribution in [2.75, 3.05) is 6.54 Å². The van der Waals surface area contributed by atoms with E-state index in [1.165, 1.54) is 16.7 Å². The number of hydrogen-bond donors (Lipinski definition) is 1. The minimum absolute atomic E-state index is 0.319. The van der Waals surface area contributed by atoms with Crippen molar-refractivity contribution in [3.63, 3.8) is 0 Å². The summed E-state index contributed by atoms with van der Waals surface area (Å²) in [5.74, 6) is 1.37. The van der Waals surface area contributed by atoms with E-state index in [2.05, 4.69) is 79.8 Å². The van der Waals surface area contributed by atoms with Gasteiger partial charge in [0.15, 0.2) is 0 Å². The van der Waals surface area contributed by atoms with Gasteiger partial charge in [-0.15, -0.1) is 0 Å². The molecule has 124 valence electrons. The van der Waals surface area contributed by atoms with Crippen molar-refractivity contribution < 1.29 is 9.73 Å². The van der Waals surface area contributed by atoms with Gasteiger partial charge in [0, 0.05) is 17.9 Å². The van der Waals surface area contributed by atoms with E-state index < -0.39 is 0 Å². The highest BCUT2D eigenvalue weighted by molar-refractivity contribution is 5.29. The Kier molecular flexibility index (Phi) is 5.50. The fourth-order valence-corrected chi connectivity index (χ4v) is 3.17. The van der Waals surface area contributed by atoms with Gasteiger partial charge in [-0.25, -0.2) is 0 Å². The number of nitrogens with two attached hydrogens (primary N) is 1. The van der Waals surface area contributed by atoms with E-state index in [-0.39, 0.29) is 0 Å². The van der Waals surface area contributed by atoms with Crippen molar-refractivity contribution in [1.82, 2.24) is 0 Å². The lowest BCUT2D eigenvalue weighted by Gasteiger charge is -2.17. The molecule has 1 heterocycles. The van der Waals surface area contributed by atoms with Gasteiger partial charge in [-0.3, -0.25) is 0 Å². The van der Waals surface area contributed by atoms with Gasteiger partial charge >= 0.3 is 0 Å². The average Bonchev–Trinajstić information content (AvgIpc) is 3.15. The zero-order valence-electron chi connectivity index (χ0n) is 14.5. The summed E-state index contributed by atoms with van der Waals surface area (Å²) >= 11 is 0. The van der Waals surface area contributed by atoms with Crippen molar-refractivity contribution >= 4 is 0 Å². The molecule has 3 aromatic rings. The lowest BCUT2D eigenvalue weighted by Crippen LogP contribution is -2.84. The maximum atomic E-state index is 5.71. The fraction of sp³-hybridized carbons (Fsp3) is 0.273. The standard InChI is InChI=1S/C22H25NO/c1-17-10-12-20(13-11-17)21(22-9-6-16-24-22)14-15-23-18(2)19-7-4-3-5-8-19/h3-13,16,18,21,23H,14-15H2,1-2H3/p+1/t18-,21+/m1/s1. The highest BCUT2D eigenvalue weighted by atomic mass is 16.3. The lowest BCUT2D eigenvalue weighted by atomic mass is 9.92. The Hall–Kier alpha value is -2.32. The third kappa shape index (κ3) is 4.15. The monoisotopic (exact) mass is 320 g/mol. The zero-order valence-corrected chi connectivity index (χ0v) is 14.5. The molecule has 2 heteroatoms. The number of benzene rings is 2. The number of quaternary nitrogens is 1. The van der Waals surface area contributed by atoms with Crippen LogP contribution in [0.2, 0.25) is 0 Å². The molecule has 2 N–H and O–H groups in total. The first-order valence-electron chi connectivity index (χ1n) is 8.72. The van der Waals surface area contributed by atoms with Crippen molar-refractivity contribution in [3.8, 4) is 0 Å². The Morgan fingerprint density at radius 2 is 1.62 bits per heavy atom. The molecule has 0 aliphatic rings. The third-order valence-corrected chi connectivity index (χ3v) is 4.67. The third-order valence-electron chi connectivity index (χ3n) is 4.67. The van der Waals surface area contributed by atoms with Crippen LogP contribution in [-0.2, 0) is 0 Å². The van der Waals surface area contributed by atoms with Crippen LogP contribution in [0.1, 0.15) is 47.8 Å². The SMILES string of the molecule is Cc1ccc([C@H](CC[NH2+][C@H](C)c2ccccc2)c2ccco2)cc1. The summed E-state index contributed by atoms with van der Waals surface area (Å²) in [5.41, 5.74) is 4.00. The van der Waals surface area contributed by atoms with Gasteiger partial charge < -0.3 is 9.73 Å². The molecule has 3 rings (SSSR count). The van der Waals surface area contributed by atoms with Crippen molar-refractivity contribution in [1.29, 1.82) is 0 Å². The topological polar surface area (TPSA) is 29.8 Å². The molecule has 0 aliphatic heterocycles. The first-order chi connectivity index (χ1) is 11.7. The largest absolute Gasteiger partial charge is 0.469 e. The van der Waals surface area contributed by atoms with Gasteiger partial charge in [0.05, 0.1) is 12.8 Å². The van der Waals surface area contributed by atoms with Gasteiger partial charge in [-0.2, -0.15) is 0 Å². The molecule has 0 aliphatic carbocycles. The molecule has 0 radical (unpaired) electrons. The van der Waals surface area contributed by atoms with Crippen LogP contribution in [0.3, 0.4) is 0 Å². The Morgan fingerprint density at radius 3 is 2.29 bits per heavy atom. The number of aryl methyl sites for hydroxylation is 1. The summed E-state index contributed by atoms with van der Waals surface area (Å²) in [6.45, 7) is 5.46. The van der Waals surface area contributed by atoms with Crippen LogP contribution in [0.5, 0.6) is 0 Å². The van der Waals surface area contributed by atoms with E-state index in [1.807, 2.05) is 6.07 Å². The van der Waals surface area contributed by atoms with E-state index in [1.54, 1.807) is 6.26 Å². The Balaban J connectivity index is 1.66. The lowest BCUT2D eigenvalue weighted by molar-refractivity contribution is -0.693. The Labute approximate surface area is 144 Å². The molecule has 2 atom stereocenters. The molecule has 2 aromatic carbocycles. The average molecular weight is 320 g/mol. The molecule has 24 heavy (non-hydrogen) atoms. The molecule has 0 amide bonds. The zero-order chi connectivity index (χ0) is 16.8. The molecule has 1 aromatic heterocycles. The van der Waals surface area contributed by atoms with Gasteiger partial charge in [-0.1, -0.05) is 60.2 Å². The van der Waals surface area contributed by atoms with Gasteiger partial charge in [0.1, 0.15) is 11.8 Å². The molecule has 0 saturated heterocycles. The maximum absolute atomic E-state index is 5.71. The van der Waals surface area contributed by atoms with Crippen LogP contribution in [0.15, 0.2) is 77.4 Å². The molecule has 2 nitrogen and oxygen atoms in total. The fourth-order valence-electron chi connectivity index (χ4n) is 3.17. The number of hydrogen-bond acceptors (Lipinski definition) is 1. The summed E-state index contributed by atoms with van der Waals surface area (Å²) in [6.07, 6.45) is 2.83. The summed E-state index contributed by atoms with van der Waals surface area (Å²) in [5, 5.41) is 2.42. The maximum Gasteiger partial charge on any atom is 0.111 e. The highest BCUT2D eigenvalue weighted by Gasteiger charge is 2.18. The van der Waals surface area contributed by atoms with E-state index in [9.17, 15) is 0 Å². The first-order valence-corrected chi connectivity index (χ1v) is 8.72. The summed E-state index contributed by atoms with van der Waals surface area (Å²) in [4.78, 5) is 0. The molecular formula is C22H26NO+. The van der Waals surface area contributed by atoms with Crippen LogP contribution in [-0.4, -0.2) is 6.54 Å². The van der Waals surface area contributed by atoms with Crippen molar-refractivity contribution in [2.45, 2.75) is 32.2 Å². The second-order valence-electron chi connectivity index (χ2n) is 6.49. The second kappa shape index (κ2) is 7.98. The minimum atomic E-state index is 0.319. The van der Waals surface area contributed by atoms with Crippen molar-refractivity contribution in [3.05, 3.63) is 95.4 Å². The van der Waals surface area contributed by atoms with Crippen LogP contribution >= 0.6 is 0 Å². The van der Waals surface area contributed by atoms with E-state index in [0.29, 0.717) is 12.0 Å². The van der Waals surface area contributed by atoms with E-state index in [0.717, 1.165) is 18.7 Å². The number of rotatable bonds is 7. The minimum Gasteiger partial charge on any atom is -0.469 e. The predicted octanol–water partition coefficient (Wildman–Crippen LogP) is 4.43. The van der Waals surface area contributed by atoms with E-state index in [4.69, 9.17) is 4.42 Å². The molecular weight excluding hydrogens is 294 g/mol. The van der Waals surface area contributed by atoms with Gasteiger partial charge in [0.2, 0.25) is 0 Å². The molecule has 0 unspecified atom stereocenters. The normalized spacial score (nSPS) is 13.6. The molecule has 0 saturated carbocycles. The van der Waals surface area contributed by atoms with Crippen LogP contribution in [0, 0.1) is 6.92 Å². The quantitative estimate of drug-likeness (QED) is 0.685.